The molecule has 136 valence electrons. The summed E-state index contributed by atoms with van der Waals surface area (Å²) < 4.78 is 32.0. The van der Waals surface area contributed by atoms with Crippen molar-refractivity contribution in [3.8, 4) is 0 Å². The fourth-order valence-electron chi connectivity index (χ4n) is 2.19. The number of hydrogen-bond acceptors (Lipinski definition) is 4. The Hall–Kier alpha value is -1.11. The topological polar surface area (TPSA) is 72.5 Å². The zero-order chi connectivity index (χ0) is 18.0. The molecule has 1 atom stereocenters. The van der Waals surface area contributed by atoms with Crippen molar-refractivity contribution in [2.45, 2.75) is 63.3 Å². The van der Waals surface area contributed by atoms with E-state index in [1.807, 2.05) is 0 Å². The first-order valence-corrected chi connectivity index (χ1v) is 10.1. The van der Waals surface area contributed by atoms with Crippen molar-refractivity contribution in [2.75, 3.05) is 6.61 Å². The monoisotopic (exact) mass is 375 g/mol. The molecular formula is C17H26ClNO4S. The number of rotatable bonds is 11. The smallest absolute Gasteiger partial charge is 0.307 e. The molecule has 24 heavy (non-hydrogen) atoms. The number of carbonyl (C=O) groups excluding carboxylic acids is 1. The molecule has 7 heteroatoms. The quantitative estimate of drug-likeness (QED) is 0.470. The predicted molar refractivity (Wildman–Crippen MR) is 95.6 cm³/mol. The Balaban J connectivity index is 2.35. The average molecular weight is 376 g/mol. The molecule has 1 unspecified atom stereocenters. The van der Waals surface area contributed by atoms with Gasteiger partial charge in [-0.1, -0.05) is 44.2 Å². The van der Waals surface area contributed by atoms with Crippen LogP contribution in [0.4, 0.5) is 0 Å². The molecule has 0 fully saturated rings. The van der Waals surface area contributed by atoms with E-state index in [-0.39, 0.29) is 11.3 Å². The molecule has 0 amide bonds. The van der Waals surface area contributed by atoms with Crippen molar-refractivity contribution in [3.63, 3.8) is 0 Å². The van der Waals surface area contributed by atoms with Crippen LogP contribution in [0, 0.1) is 0 Å². The van der Waals surface area contributed by atoms with Gasteiger partial charge < -0.3 is 4.74 Å². The van der Waals surface area contributed by atoms with E-state index in [9.17, 15) is 13.2 Å². The van der Waals surface area contributed by atoms with Gasteiger partial charge >= 0.3 is 5.97 Å². The van der Waals surface area contributed by atoms with Crippen LogP contribution in [0.25, 0.3) is 0 Å². The van der Waals surface area contributed by atoms with Crippen molar-refractivity contribution in [2.24, 2.45) is 0 Å². The normalized spacial score (nSPS) is 12.8. The van der Waals surface area contributed by atoms with Gasteiger partial charge in [0.15, 0.2) is 0 Å². The largest absolute Gasteiger partial charge is 0.466 e. The molecule has 0 saturated carbocycles. The molecule has 0 radical (unpaired) electrons. The molecule has 0 aliphatic heterocycles. The van der Waals surface area contributed by atoms with Crippen LogP contribution in [0.1, 0.15) is 52.4 Å². The maximum Gasteiger partial charge on any atom is 0.307 e. The van der Waals surface area contributed by atoms with E-state index in [1.54, 1.807) is 6.92 Å². The van der Waals surface area contributed by atoms with E-state index in [4.69, 9.17) is 16.3 Å². The minimum absolute atomic E-state index is 0.00177. The standard InChI is InChI=1S/C17H26ClNO4S/c1-3-4-5-6-7-12-23-17(20)13-14(2)19-24(21,22)16-10-8-15(18)9-11-16/h8-11,14,19H,3-7,12-13H2,1-2H3. The fourth-order valence-corrected chi connectivity index (χ4v) is 3.56. The lowest BCUT2D eigenvalue weighted by atomic mass is 10.2. The summed E-state index contributed by atoms with van der Waals surface area (Å²) >= 11 is 5.75. The first-order valence-electron chi connectivity index (χ1n) is 8.28. The van der Waals surface area contributed by atoms with Crippen LogP contribution < -0.4 is 4.72 Å². The van der Waals surface area contributed by atoms with Gasteiger partial charge in [0.05, 0.1) is 17.9 Å². The van der Waals surface area contributed by atoms with Crippen molar-refractivity contribution < 1.29 is 17.9 Å². The lowest BCUT2D eigenvalue weighted by Gasteiger charge is -2.14. The summed E-state index contributed by atoms with van der Waals surface area (Å²) in [5.74, 6) is -0.392. The zero-order valence-corrected chi connectivity index (χ0v) is 15.8. The number of unbranched alkanes of at least 4 members (excludes halogenated alkanes) is 4. The van der Waals surface area contributed by atoms with Gasteiger partial charge in [-0.25, -0.2) is 13.1 Å². The van der Waals surface area contributed by atoms with Gasteiger partial charge in [-0.05, 0) is 37.6 Å². The van der Waals surface area contributed by atoms with Crippen LogP contribution in [0.15, 0.2) is 29.2 Å². The van der Waals surface area contributed by atoms with Crippen LogP contribution in [-0.4, -0.2) is 27.0 Å². The molecule has 0 aliphatic rings. The number of ether oxygens (including phenoxy) is 1. The first-order chi connectivity index (χ1) is 11.3. The molecule has 5 nitrogen and oxygen atoms in total. The number of sulfonamides is 1. The van der Waals surface area contributed by atoms with Crippen molar-refractivity contribution in [3.05, 3.63) is 29.3 Å². The Kier molecular flexibility index (Phi) is 9.33. The van der Waals surface area contributed by atoms with Gasteiger partial charge in [-0.15, -0.1) is 0 Å². The summed E-state index contributed by atoms with van der Waals surface area (Å²) in [5, 5.41) is 0.463. The van der Waals surface area contributed by atoms with Crippen molar-refractivity contribution >= 4 is 27.6 Å². The molecule has 0 saturated heterocycles. The van der Waals surface area contributed by atoms with Gasteiger partial charge in [0, 0.05) is 11.1 Å². The van der Waals surface area contributed by atoms with E-state index in [0.29, 0.717) is 11.6 Å². The van der Waals surface area contributed by atoms with E-state index in [0.717, 1.165) is 19.3 Å². The number of carbonyl (C=O) groups is 1. The highest BCUT2D eigenvalue weighted by molar-refractivity contribution is 7.89. The molecule has 1 N–H and O–H groups in total. The first kappa shape index (κ1) is 20.9. The summed E-state index contributed by atoms with van der Waals surface area (Å²) in [6, 6.07) is 5.32. The minimum Gasteiger partial charge on any atom is -0.466 e. The summed E-state index contributed by atoms with van der Waals surface area (Å²) in [6.45, 7) is 4.17. The molecule has 0 bridgehead atoms. The SMILES string of the molecule is CCCCCCCOC(=O)CC(C)NS(=O)(=O)c1ccc(Cl)cc1. The third kappa shape index (κ3) is 8.13. The van der Waals surface area contributed by atoms with Gasteiger partial charge in [0.1, 0.15) is 0 Å². The second-order valence-corrected chi connectivity index (χ2v) is 7.97. The Morgan fingerprint density at radius 2 is 1.79 bits per heavy atom. The highest BCUT2D eigenvalue weighted by atomic mass is 35.5. The van der Waals surface area contributed by atoms with E-state index in [2.05, 4.69) is 11.6 Å². The maximum atomic E-state index is 12.2. The second kappa shape index (κ2) is 10.7. The van der Waals surface area contributed by atoms with E-state index >= 15 is 0 Å². The van der Waals surface area contributed by atoms with Crippen molar-refractivity contribution in [1.29, 1.82) is 0 Å². The minimum atomic E-state index is -3.67. The van der Waals surface area contributed by atoms with Crippen LogP contribution in [0.5, 0.6) is 0 Å². The average Bonchev–Trinajstić information content (AvgIpc) is 2.50. The third-order valence-electron chi connectivity index (χ3n) is 3.46. The van der Waals surface area contributed by atoms with Gasteiger partial charge in [-0.3, -0.25) is 4.79 Å². The zero-order valence-electron chi connectivity index (χ0n) is 14.3. The number of nitrogens with one attached hydrogen (secondary N) is 1. The summed E-state index contributed by atoms with van der Waals surface area (Å²) in [5.41, 5.74) is 0. The molecule has 0 heterocycles. The highest BCUT2D eigenvalue weighted by Gasteiger charge is 2.19. The Labute approximate surface area is 149 Å². The van der Waals surface area contributed by atoms with Crippen molar-refractivity contribution in [1.82, 2.24) is 4.72 Å². The van der Waals surface area contributed by atoms with Gasteiger partial charge in [-0.2, -0.15) is 0 Å². The lowest BCUT2D eigenvalue weighted by molar-refractivity contribution is -0.144. The molecule has 0 aromatic heterocycles. The highest BCUT2D eigenvalue weighted by Crippen LogP contribution is 2.14. The Morgan fingerprint density at radius 3 is 2.42 bits per heavy atom. The van der Waals surface area contributed by atoms with Crippen LogP contribution in [-0.2, 0) is 19.6 Å². The van der Waals surface area contributed by atoms with E-state index in [1.165, 1.54) is 37.1 Å². The third-order valence-corrected chi connectivity index (χ3v) is 5.32. The second-order valence-electron chi connectivity index (χ2n) is 5.82. The van der Waals surface area contributed by atoms with E-state index < -0.39 is 22.0 Å². The van der Waals surface area contributed by atoms with Gasteiger partial charge in [0.25, 0.3) is 0 Å². The Morgan fingerprint density at radius 1 is 1.17 bits per heavy atom. The molecule has 0 aliphatic carbocycles. The van der Waals surface area contributed by atoms with Crippen LogP contribution in [0.2, 0.25) is 5.02 Å². The van der Waals surface area contributed by atoms with Crippen LogP contribution in [0.3, 0.4) is 0 Å². The number of hydrogen-bond donors (Lipinski definition) is 1. The number of esters is 1. The summed E-state index contributed by atoms with van der Waals surface area (Å²) in [7, 11) is -3.67. The molecule has 1 aromatic rings. The number of benzene rings is 1. The summed E-state index contributed by atoms with van der Waals surface area (Å²) in [4.78, 5) is 11.8. The summed E-state index contributed by atoms with van der Waals surface area (Å²) in [6.07, 6.45) is 5.39. The lowest BCUT2D eigenvalue weighted by Crippen LogP contribution is -2.34. The predicted octanol–water partition coefficient (Wildman–Crippen LogP) is 3.91. The molecular weight excluding hydrogens is 350 g/mol. The molecule has 0 spiro atoms. The van der Waals surface area contributed by atoms with Gasteiger partial charge in [0.2, 0.25) is 10.0 Å². The molecule has 1 aromatic carbocycles. The van der Waals surface area contributed by atoms with Crippen LogP contribution >= 0.6 is 11.6 Å². The number of halogens is 1. The fraction of sp³-hybridized carbons (Fsp3) is 0.588. The maximum absolute atomic E-state index is 12.2. The Bertz CT molecular complexity index is 602. The molecule has 1 rings (SSSR count).